The minimum atomic E-state index is -0.497. The van der Waals surface area contributed by atoms with Crippen LogP contribution in [-0.4, -0.2) is 56.8 Å². The van der Waals surface area contributed by atoms with Gasteiger partial charge in [0.15, 0.2) is 0 Å². The maximum atomic E-state index is 12.9. The number of hydrogen-bond acceptors (Lipinski definition) is 5. The van der Waals surface area contributed by atoms with Crippen LogP contribution in [0.15, 0.2) is 35.2 Å². The van der Waals surface area contributed by atoms with Gasteiger partial charge in [-0.25, -0.2) is 4.99 Å². The number of aromatic amines is 1. The Morgan fingerprint density at radius 2 is 2.12 bits per heavy atom. The van der Waals surface area contributed by atoms with Crippen LogP contribution in [-0.2, 0) is 11.8 Å². The summed E-state index contributed by atoms with van der Waals surface area (Å²) < 4.78 is 1.72. The van der Waals surface area contributed by atoms with Gasteiger partial charge in [0.2, 0.25) is 5.91 Å². The molecule has 2 aromatic rings. The SMILES string of the molecule is C/C(=C\C(=Nc1c(C(=O)NCC(=O)N2CC(C)(C#N)C2)c[nH]c1C)c1cnn(C)c1)CC(C)C. The number of rotatable bonds is 8. The number of amides is 2. The molecule has 0 saturated carbocycles. The predicted molar refractivity (Wildman–Crippen MR) is 131 cm³/mol. The Hall–Kier alpha value is -3.67. The molecule has 2 aromatic heterocycles. The van der Waals surface area contributed by atoms with E-state index in [2.05, 4.69) is 42.2 Å². The first-order valence-corrected chi connectivity index (χ1v) is 11.4. The molecule has 9 heteroatoms. The highest BCUT2D eigenvalue weighted by Crippen LogP contribution is 2.29. The fraction of sp³-hybridized carbons (Fsp3) is 0.480. The minimum Gasteiger partial charge on any atom is -0.363 e. The second-order valence-electron chi connectivity index (χ2n) is 9.77. The first-order chi connectivity index (χ1) is 16.0. The number of hydrogen-bond donors (Lipinski definition) is 2. The fourth-order valence-electron chi connectivity index (χ4n) is 4.03. The van der Waals surface area contributed by atoms with Crippen molar-refractivity contribution in [3.05, 3.63) is 47.1 Å². The van der Waals surface area contributed by atoms with E-state index in [1.165, 1.54) is 5.57 Å². The van der Waals surface area contributed by atoms with E-state index >= 15 is 0 Å². The molecule has 0 radical (unpaired) electrons. The van der Waals surface area contributed by atoms with Crippen molar-refractivity contribution in [2.45, 2.75) is 41.0 Å². The van der Waals surface area contributed by atoms with Crippen molar-refractivity contribution in [2.24, 2.45) is 23.4 Å². The van der Waals surface area contributed by atoms with Crippen LogP contribution < -0.4 is 5.32 Å². The van der Waals surface area contributed by atoms with Gasteiger partial charge >= 0.3 is 0 Å². The summed E-state index contributed by atoms with van der Waals surface area (Å²) in [6.45, 7) is 10.7. The number of H-pyrrole nitrogens is 1. The lowest BCUT2D eigenvalue weighted by atomic mass is 9.84. The van der Waals surface area contributed by atoms with Crippen LogP contribution >= 0.6 is 0 Å². The fourth-order valence-corrected chi connectivity index (χ4v) is 4.03. The van der Waals surface area contributed by atoms with Crippen LogP contribution in [0.25, 0.3) is 0 Å². The number of nitrogens with zero attached hydrogens (tertiary/aromatic N) is 5. The molecule has 0 unspecified atom stereocenters. The summed E-state index contributed by atoms with van der Waals surface area (Å²) in [4.78, 5) is 34.8. The second-order valence-corrected chi connectivity index (χ2v) is 9.77. The average Bonchev–Trinajstić information content (AvgIpc) is 3.34. The molecule has 2 amide bonds. The van der Waals surface area contributed by atoms with Crippen LogP contribution in [0, 0.1) is 29.6 Å². The number of aliphatic imine (C=N–C) groups is 1. The summed E-state index contributed by atoms with van der Waals surface area (Å²) in [6, 6.07) is 2.21. The topological polar surface area (TPSA) is 119 Å². The number of carbonyl (C=O) groups excluding carboxylic acids is 2. The normalized spacial score (nSPS) is 15.8. The summed E-state index contributed by atoms with van der Waals surface area (Å²) in [5.74, 6) is -0.0770. The zero-order valence-corrected chi connectivity index (χ0v) is 20.8. The molecule has 180 valence electrons. The second kappa shape index (κ2) is 10.1. The molecule has 1 fully saturated rings. The van der Waals surface area contributed by atoms with Crippen molar-refractivity contribution in [1.82, 2.24) is 25.0 Å². The highest BCUT2D eigenvalue weighted by Gasteiger charge is 2.41. The Kier molecular flexibility index (Phi) is 7.40. The Bertz CT molecular complexity index is 1170. The van der Waals surface area contributed by atoms with Crippen molar-refractivity contribution >= 4 is 23.2 Å². The molecule has 0 aliphatic carbocycles. The lowest BCUT2D eigenvalue weighted by Gasteiger charge is -2.43. The van der Waals surface area contributed by atoms with E-state index in [0.717, 1.165) is 23.4 Å². The number of nitrogens with one attached hydrogen (secondary N) is 2. The van der Waals surface area contributed by atoms with E-state index in [0.29, 0.717) is 30.3 Å². The third kappa shape index (κ3) is 5.81. The minimum absolute atomic E-state index is 0.128. The highest BCUT2D eigenvalue weighted by molar-refractivity contribution is 6.11. The van der Waals surface area contributed by atoms with Gasteiger partial charge in [-0.2, -0.15) is 10.4 Å². The van der Waals surface area contributed by atoms with Crippen molar-refractivity contribution in [3.8, 4) is 6.07 Å². The van der Waals surface area contributed by atoms with Crippen molar-refractivity contribution in [2.75, 3.05) is 19.6 Å². The lowest BCUT2D eigenvalue weighted by molar-refractivity contribution is -0.138. The molecule has 1 saturated heterocycles. The molecule has 1 aliphatic heterocycles. The van der Waals surface area contributed by atoms with Gasteiger partial charge in [-0.15, -0.1) is 0 Å². The van der Waals surface area contributed by atoms with Gasteiger partial charge in [0, 0.05) is 43.8 Å². The van der Waals surface area contributed by atoms with Gasteiger partial charge in [0.1, 0.15) is 0 Å². The third-order valence-corrected chi connectivity index (χ3v) is 5.74. The van der Waals surface area contributed by atoms with E-state index in [-0.39, 0.29) is 18.4 Å². The van der Waals surface area contributed by atoms with Gasteiger partial charge in [-0.05, 0) is 39.2 Å². The molecular formula is C25H33N7O2. The Morgan fingerprint density at radius 1 is 1.41 bits per heavy atom. The van der Waals surface area contributed by atoms with Gasteiger partial charge in [-0.3, -0.25) is 14.3 Å². The molecule has 2 N–H and O–H groups in total. The quantitative estimate of drug-likeness (QED) is 0.584. The molecule has 0 spiro atoms. The number of nitriles is 1. The largest absolute Gasteiger partial charge is 0.363 e. The molecule has 3 heterocycles. The first kappa shape index (κ1) is 25.0. The van der Waals surface area contributed by atoms with Crippen LogP contribution in [0.3, 0.4) is 0 Å². The summed E-state index contributed by atoms with van der Waals surface area (Å²) >= 11 is 0. The first-order valence-electron chi connectivity index (χ1n) is 11.4. The van der Waals surface area contributed by atoms with Crippen LogP contribution in [0.4, 0.5) is 5.69 Å². The number of likely N-dealkylation sites (tertiary alicyclic amines) is 1. The number of aromatic nitrogens is 3. The number of allylic oxidation sites excluding steroid dienone is 2. The Balaban J connectivity index is 1.81. The standard InChI is InChI=1S/C25H33N7O2/c1-16(2)7-17(3)8-21(19-9-29-31(6)12-19)30-23-18(4)27-10-20(23)24(34)28-11-22(33)32-14-25(5,13-26)15-32/h8-10,12,16,27H,7,11,14-15H2,1-6H3,(H,28,34)/b17-8+,30-21?. The third-order valence-electron chi connectivity index (χ3n) is 5.74. The van der Waals surface area contributed by atoms with E-state index in [1.807, 2.05) is 33.2 Å². The van der Waals surface area contributed by atoms with Crippen molar-refractivity contribution in [1.29, 1.82) is 5.26 Å². The molecule has 3 rings (SSSR count). The zero-order valence-electron chi connectivity index (χ0n) is 20.8. The Morgan fingerprint density at radius 3 is 2.71 bits per heavy atom. The molecule has 9 nitrogen and oxygen atoms in total. The van der Waals surface area contributed by atoms with Crippen LogP contribution in [0.2, 0.25) is 0 Å². The maximum Gasteiger partial charge on any atom is 0.255 e. The smallest absolute Gasteiger partial charge is 0.255 e. The van der Waals surface area contributed by atoms with Crippen LogP contribution in [0.5, 0.6) is 0 Å². The van der Waals surface area contributed by atoms with Crippen molar-refractivity contribution < 1.29 is 9.59 Å². The van der Waals surface area contributed by atoms with E-state index < -0.39 is 5.41 Å². The molecule has 0 atom stereocenters. The van der Waals surface area contributed by atoms with Gasteiger partial charge in [0.05, 0.1) is 41.2 Å². The Labute approximate surface area is 200 Å². The van der Waals surface area contributed by atoms with Crippen molar-refractivity contribution in [3.63, 3.8) is 0 Å². The molecule has 34 heavy (non-hydrogen) atoms. The number of aryl methyl sites for hydroxylation is 2. The zero-order chi connectivity index (χ0) is 25.0. The van der Waals surface area contributed by atoms with E-state index in [1.54, 1.807) is 22.0 Å². The molecule has 1 aliphatic rings. The monoisotopic (exact) mass is 463 g/mol. The average molecular weight is 464 g/mol. The summed E-state index contributed by atoms with van der Waals surface area (Å²) in [7, 11) is 1.85. The van der Waals surface area contributed by atoms with Crippen LogP contribution in [0.1, 0.15) is 55.7 Å². The van der Waals surface area contributed by atoms with Gasteiger partial charge in [0.25, 0.3) is 5.91 Å². The molecular weight excluding hydrogens is 430 g/mol. The summed E-state index contributed by atoms with van der Waals surface area (Å²) in [5, 5.41) is 16.1. The van der Waals surface area contributed by atoms with E-state index in [9.17, 15) is 9.59 Å². The highest BCUT2D eigenvalue weighted by atomic mass is 16.2. The van der Waals surface area contributed by atoms with Gasteiger partial charge < -0.3 is 15.2 Å². The van der Waals surface area contributed by atoms with Gasteiger partial charge in [-0.1, -0.05) is 19.4 Å². The number of carbonyl (C=O) groups is 2. The predicted octanol–water partition coefficient (Wildman–Crippen LogP) is 3.27. The lowest BCUT2D eigenvalue weighted by Crippen LogP contribution is -2.58. The molecule has 0 bridgehead atoms. The van der Waals surface area contributed by atoms with E-state index in [4.69, 9.17) is 10.3 Å². The maximum absolute atomic E-state index is 12.9. The molecule has 0 aromatic carbocycles. The summed E-state index contributed by atoms with van der Waals surface area (Å²) in [6.07, 6.45) is 8.21. The summed E-state index contributed by atoms with van der Waals surface area (Å²) in [5.41, 5.74) is 3.90.